The first kappa shape index (κ1) is 17.3. The summed E-state index contributed by atoms with van der Waals surface area (Å²) in [5.41, 5.74) is -1.72. The van der Waals surface area contributed by atoms with Gasteiger partial charge in [-0.25, -0.2) is 0 Å². The van der Waals surface area contributed by atoms with Crippen LogP contribution in [0.5, 0.6) is 0 Å². The maximum Gasteiger partial charge on any atom is 0.313 e. The van der Waals surface area contributed by atoms with E-state index >= 15 is 0 Å². The fourth-order valence-corrected chi connectivity index (χ4v) is 4.00. The standard InChI is InChI=1S/C18H30O4/c1-16(2,3)21-14(19)11-18(15(20)22-17(4,5)6)10-12-7-8-13(18)9-12/h12-13H,7-11H2,1-6H3. The van der Waals surface area contributed by atoms with Crippen molar-refractivity contribution in [3.05, 3.63) is 0 Å². The Morgan fingerprint density at radius 2 is 1.59 bits per heavy atom. The SMILES string of the molecule is CC(C)(C)OC(=O)CC1(C(=O)OC(C)(C)C)CC2CCC1C2. The zero-order valence-electron chi connectivity index (χ0n) is 14.8. The molecule has 0 spiro atoms. The maximum atomic E-state index is 12.8. The topological polar surface area (TPSA) is 52.6 Å². The molecular formula is C18H30O4. The summed E-state index contributed by atoms with van der Waals surface area (Å²) in [6.45, 7) is 11.2. The highest BCUT2D eigenvalue weighted by atomic mass is 16.6. The van der Waals surface area contributed by atoms with E-state index in [2.05, 4.69) is 0 Å². The van der Waals surface area contributed by atoms with Crippen LogP contribution >= 0.6 is 0 Å². The molecule has 3 atom stereocenters. The fourth-order valence-electron chi connectivity index (χ4n) is 4.00. The second-order valence-electron chi connectivity index (χ2n) is 9.00. The van der Waals surface area contributed by atoms with Gasteiger partial charge >= 0.3 is 11.9 Å². The predicted octanol–water partition coefficient (Wildman–Crippen LogP) is 3.87. The minimum atomic E-state index is -0.668. The summed E-state index contributed by atoms with van der Waals surface area (Å²) >= 11 is 0. The number of rotatable bonds is 3. The Hall–Kier alpha value is -1.06. The van der Waals surface area contributed by atoms with Crippen molar-refractivity contribution in [1.29, 1.82) is 0 Å². The Labute approximate surface area is 133 Å². The molecule has 0 aromatic heterocycles. The molecule has 126 valence electrons. The van der Waals surface area contributed by atoms with Crippen molar-refractivity contribution < 1.29 is 19.1 Å². The summed E-state index contributed by atoms with van der Waals surface area (Å²) < 4.78 is 11.1. The smallest absolute Gasteiger partial charge is 0.313 e. The average molecular weight is 310 g/mol. The van der Waals surface area contributed by atoms with Crippen LogP contribution in [0, 0.1) is 17.3 Å². The third kappa shape index (κ3) is 3.82. The van der Waals surface area contributed by atoms with Gasteiger partial charge in [0.2, 0.25) is 0 Å². The van der Waals surface area contributed by atoms with E-state index in [9.17, 15) is 9.59 Å². The van der Waals surface area contributed by atoms with Gasteiger partial charge in [-0.3, -0.25) is 9.59 Å². The monoisotopic (exact) mass is 310 g/mol. The molecule has 2 aliphatic carbocycles. The number of carbonyl (C=O) groups is 2. The van der Waals surface area contributed by atoms with Crippen molar-refractivity contribution in [2.75, 3.05) is 0 Å². The lowest BCUT2D eigenvalue weighted by Gasteiger charge is -2.37. The van der Waals surface area contributed by atoms with Crippen LogP contribution < -0.4 is 0 Å². The molecule has 0 saturated heterocycles. The van der Waals surface area contributed by atoms with Crippen molar-refractivity contribution in [3.63, 3.8) is 0 Å². The molecule has 2 saturated carbocycles. The number of ether oxygens (including phenoxy) is 2. The maximum absolute atomic E-state index is 12.8. The summed E-state index contributed by atoms with van der Waals surface area (Å²) in [6, 6.07) is 0. The molecule has 0 aromatic carbocycles. The predicted molar refractivity (Wildman–Crippen MR) is 84.2 cm³/mol. The molecule has 2 fully saturated rings. The minimum Gasteiger partial charge on any atom is -0.460 e. The lowest BCUT2D eigenvalue weighted by atomic mass is 9.70. The second kappa shape index (κ2) is 5.54. The van der Waals surface area contributed by atoms with Crippen LogP contribution in [0.4, 0.5) is 0 Å². The summed E-state index contributed by atoms with van der Waals surface area (Å²) in [4.78, 5) is 25.2. The van der Waals surface area contributed by atoms with Gasteiger partial charge in [-0.15, -0.1) is 0 Å². The highest BCUT2D eigenvalue weighted by molar-refractivity contribution is 5.84. The average Bonchev–Trinajstić information content (AvgIpc) is 2.83. The first-order valence-corrected chi connectivity index (χ1v) is 8.37. The molecule has 0 radical (unpaired) electrons. The van der Waals surface area contributed by atoms with Gasteiger partial charge in [0.25, 0.3) is 0 Å². The first-order valence-electron chi connectivity index (χ1n) is 8.37. The van der Waals surface area contributed by atoms with Crippen LogP contribution in [-0.2, 0) is 19.1 Å². The van der Waals surface area contributed by atoms with E-state index in [-0.39, 0.29) is 24.3 Å². The quantitative estimate of drug-likeness (QED) is 0.743. The fraction of sp³-hybridized carbons (Fsp3) is 0.889. The van der Waals surface area contributed by atoms with Gasteiger partial charge < -0.3 is 9.47 Å². The second-order valence-corrected chi connectivity index (χ2v) is 9.00. The van der Waals surface area contributed by atoms with Gasteiger partial charge in [0, 0.05) is 0 Å². The van der Waals surface area contributed by atoms with Crippen LogP contribution in [0.25, 0.3) is 0 Å². The van der Waals surface area contributed by atoms with Gasteiger partial charge in [-0.1, -0.05) is 6.42 Å². The van der Waals surface area contributed by atoms with Gasteiger partial charge in [0.15, 0.2) is 0 Å². The largest absolute Gasteiger partial charge is 0.460 e. The molecule has 0 N–H and O–H groups in total. The molecule has 2 bridgehead atoms. The zero-order valence-corrected chi connectivity index (χ0v) is 14.8. The Kier molecular flexibility index (Phi) is 4.35. The molecular weight excluding hydrogens is 280 g/mol. The van der Waals surface area contributed by atoms with E-state index < -0.39 is 16.6 Å². The Bertz CT molecular complexity index is 455. The lowest BCUT2D eigenvalue weighted by molar-refractivity contribution is -0.179. The third-order valence-electron chi connectivity index (χ3n) is 4.66. The van der Waals surface area contributed by atoms with Crippen molar-refractivity contribution in [3.8, 4) is 0 Å². The molecule has 0 heterocycles. The van der Waals surface area contributed by atoms with Gasteiger partial charge in [0.1, 0.15) is 11.2 Å². The number of esters is 2. The Balaban J connectivity index is 2.17. The van der Waals surface area contributed by atoms with Crippen LogP contribution in [0.2, 0.25) is 0 Å². The summed E-state index contributed by atoms with van der Waals surface area (Å²) in [6.07, 6.45) is 4.16. The molecule has 4 heteroatoms. The van der Waals surface area contributed by atoms with E-state index in [1.54, 1.807) is 0 Å². The molecule has 22 heavy (non-hydrogen) atoms. The Morgan fingerprint density at radius 3 is 2.00 bits per heavy atom. The van der Waals surface area contributed by atoms with E-state index in [0.29, 0.717) is 5.92 Å². The molecule has 2 rings (SSSR count). The molecule has 2 aliphatic rings. The number of fused-ring (bicyclic) bond motifs is 2. The van der Waals surface area contributed by atoms with E-state index in [4.69, 9.17) is 9.47 Å². The normalized spacial score (nSPS) is 31.2. The van der Waals surface area contributed by atoms with Crippen LogP contribution in [0.3, 0.4) is 0 Å². The van der Waals surface area contributed by atoms with E-state index in [1.807, 2.05) is 41.5 Å². The highest BCUT2D eigenvalue weighted by Crippen LogP contribution is 2.58. The third-order valence-corrected chi connectivity index (χ3v) is 4.66. The van der Waals surface area contributed by atoms with Crippen molar-refractivity contribution in [2.45, 2.75) is 84.8 Å². The zero-order chi connectivity index (χ0) is 16.8. The van der Waals surface area contributed by atoms with E-state index in [0.717, 1.165) is 19.3 Å². The molecule has 0 aromatic rings. The van der Waals surface area contributed by atoms with Crippen molar-refractivity contribution in [1.82, 2.24) is 0 Å². The summed E-state index contributed by atoms with van der Waals surface area (Å²) in [5, 5.41) is 0. The number of carbonyl (C=O) groups excluding carboxylic acids is 2. The molecule has 0 amide bonds. The molecule has 3 unspecified atom stereocenters. The summed E-state index contributed by atoms with van der Waals surface area (Å²) in [7, 11) is 0. The minimum absolute atomic E-state index is 0.153. The van der Waals surface area contributed by atoms with Gasteiger partial charge in [-0.05, 0) is 72.6 Å². The van der Waals surface area contributed by atoms with Crippen molar-refractivity contribution in [2.24, 2.45) is 17.3 Å². The summed E-state index contributed by atoms with van der Waals surface area (Å²) in [5.74, 6) is 0.323. The Morgan fingerprint density at radius 1 is 1.00 bits per heavy atom. The number of hydrogen-bond acceptors (Lipinski definition) is 4. The van der Waals surface area contributed by atoms with E-state index in [1.165, 1.54) is 6.42 Å². The van der Waals surface area contributed by atoms with Crippen LogP contribution in [-0.4, -0.2) is 23.1 Å². The van der Waals surface area contributed by atoms with Gasteiger partial charge in [0.05, 0.1) is 11.8 Å². The van der Waals surface area contributed by atoms with Gasteiger partial charge in [-0.2, -0.15) is 0 Å². The lowest BCUT2D eigenvalue weighted by Crippen LogP contribution is -2.44. The first-order chi connectivity index (χ1) is 9.91. The molecule has 0 aliphatic heterocycles. The highest BCUT2D eigenvalue weighted by Gasteiger charge is 2.58. The van der Waals surface area contributed by atoms with Crippen LogP contribution in [0.15, 0.2) is 0 Å². The van der Waals surface area contributed by atoms with Crippen molar-refractivity contribution >= 4 is 11.9 Å². The number of hydrogen-bond donors (Lipinski definition) is 0. The van der Waals surface area contributed by atoms with Crippen LogP contribution in [0.1, 0.15) is 73.6 Å². The molecule has 4 nitrogen and oxygen atoms in total.